The fraction of sp³-hybridized carbons (Fsp3) is 0.400. The molecule has 15 heavy (non-hydrogen) atoms. The fourth-order valence-electron chi connectivity index (χ4n) is 0.342. The molecule has 1 aromatic carbocycles. The topological polar surface area (TPSA) is 80.9 Å². The molecule has 0 aliphatic carbocycles. The van der Waals surface area contributed by atoms with Gasteiger partial charge >= 0.3 is 0 Å². The van der Waals surface area contributed by atoms with Crippen molar-refractivity contribution in [3.8, 4) is 0 Å². The summed E-state index contributed by atoms with van der Waals surface area (Å²) in [4.78, 5) is 0. The first-order valence-corrected chi connectivity index (χ1v) is 3.70. The molecule has 95 valence electrons. The number of aliphatic hydroxyl groups is 4. The van der Waals surface area contributed by atoms with Crippen LogP contribution in [0.3, 0.4) is 0 Å². The Labute approximate surface area is 102 Å². The summed E-state index contributed by atoms with van der Waals surface area (Å²) >= 11 is 0. The van der Waals surface area contributed by atoms with E-state index < -0.39 is 0 Å². The van der Waals surface area contributed by atoms with Gasteiger partial charge in [0.25, 0.3) is 0 Å². The molecule has 0 fully saturated rings. The van der Waals surface area contributed by atoms with Crippen molar-refractivity contribution in [2.45, 2.75) is 0 Å². The van der Waals surface area contributed by atoms with Crippen molar-refractivity contribution in [1.82, 2.24) is 0 Å². The molecular weight excluding hydrogens is 243 g/mol. The molecule has 1 aromatic rings. The third kappa shape index (κ3) is 58.6. The first-order chi connectivity index (χ1) is 7.00. The Morgan fingerprint density at radius 3 is 0.933 bits per heavy atom. The van der Waals surface area contributed by atoms with Crippen LogP contribution in [0.1, 0.15) is 0 Å². The molecule has 4 nitrogen and oxygen atoms in total. The second-order valence-corrected chi connectivity index (χ2v) is 1.08. The van der Waals surface area contributed by atoms with Crippen molar-refractivity contribution in [2.75, 3.05) is 28.4 Å². The van der Waals surface area contributed by atoms with Crippen LogP contribution in [0.25, 0.3) is 0 Å². The van der Waals surface area contributed by atoms with E-state index in [0.29, 0.717) is 0 Å². The predicted octanol–water partition coefficient (Wildman–Crippen LogP) is -0.0817. The Hall–Kier alpha value is -0.434. The molecule has 0 amide bonds. The largest absolute Gasteiger partial charge is 0.400 e. The van der Waals surface area contributed by atoms with Gasteiger partial charge in [0.2, 0.25) is 0 Å². The summed E-state index contributed by atoms with van der Waals surface area (Å²) in [6, 6.07) is 12.5. The van der Waals surface area contributed by atoms with Crippen LogP contribution in [0.4, 0.5) is 0 Å². The maximum atomic E-state index is 7.00. The minimum absolute atomic E-state index is 0. The molecule has 0 saturated carbocycles. The van der Waals surface area contributed by atoms with E-state index in [1.165, 1.54) is 0 Å². The second kappa shape index (κ2) is 69.1. The quantitative estimate of drug-likeness (QED) is 0.494. The molecule has 1 rings (SSSR count). The van der Waals surface area contributed by atoms with Crippen LogP contribution in [0, 0.1) is 6.07 Å². The summed E-state index contributed by atoms with van der Waals surface area (Å²) in [6.07, 6.45) is 0. The number of hydrogen-bond donors (Lipinski definition) is 4. The molecular formula is C10H21CoO4-. The van der Waals surface area contributed by atoms with E-state index in [1.807, 2.05) is 30.3 Å². The van der Waals surface area contributed by atoms with Crippen LogP contribution in [-0.2, 0) is 16.8 Å². The zero-order valence-corrected chi connectivity index (χ0v) is 10.5. The average molecular weight is 264 g/mol. The van der Waals surface area contributed by atoms with Crippen LogP contribution < -0.4 is 0 Å². The van der Waals surface area contributed by atoms with Crippen molar-refractivity contribution in [3.63, 3.8) is 0 Å². The normalized spacial score (nSPS) is 4.80. The Kier molecular flexibility index (Phi) is 135. The van der Waals surface area contributed by atoms with Gasteiger partial charge in [0.1, 0.15) is 0 Å². The van der Waals surface area contributed by atoms with Gasteiger partial charge in [-0.05, 0) is 0 Å². The Morgan fingerprint density at radius 1 is 0.600 bits per heavy atom. The van der Waals surface area contributed by atoms with Gasteiger partial charge in [0.15, 0.2) is 0 Å². The van der Waals surface area contributed by atoms with Crippen LogP contribution in [-0.4, -0.2) is 48.9 Å². The van der Waals surface area contributed by atoms with Crippen molar-refractivity contribution in [1.29, 1.82) is 0 Å². The standard InChI is InChI=1S/C6H5.4CH4O.Co/c1-2-4-6-5-3-1;4*1-2;/h1-5H;4*2H,1H3;/q-1;;;;;. The molecule has 0 aliphatic heterocycles. The van der Waals surface area contributed by atoms with Gasteiger partial charge in [0, 0.05) is 45.2 Å². The number of benzene rings is 1. The molecule has 5 heteroatoms. The van der Waals surface area contributed by atoms with Gasteiger partial charge < -0.3 is 20.4 Å². The monoisotopic (exact) mass is 264 g/mol. The molecule has 0 heterocycles. The van der Waals surface area contributed by atoms with Gasteiger partial charge in [0.05, 0.1) is 0 Å². The molecule has 0 unspecified atom stereocenters. The van der Waals surface area contributed by atoms with E-state index >= 15 is 0 Å². The van der Waals surface area contributed by atoms with Crippen LogP contribution in [0.2, 0.25) is 0 Å². The molecule has 0 saturated heterocycles. The first-order valence-electron chi connectivity index (χ1n) is 3.70. The summed E-state index contributed by atoms with van der Waals surface area (Å²) in [7, 11) is 4.00. The van der Waals surface area contributed by atoms with Crippen molar-refractivity contribution >= 4 is 0 Å². The zero-order valence-electron chi connectivity index (χ0n) is 9.51. The third-order valence-electron chi connectivity index (χ3n) is 0.607. The maximum absolute atomic E-state index is 7.00. The van der Waals surface area contributed by atoms with Crippen LogP contribution >= 0.6 is 0 Å². The molecule has 4 N–H and O–H groups in total. The Morgan fingerprint density at radius 2 is 0.867 bits per heavy atom. The van der Waals surface area contributed by atoms with E-state index in [1.54, 1.807) is 0 Å². The van der Waals surface area contributed by atoms with Crippen LogP contribution in [0.5, 0.6) is 0 Å². The van der Waals surface area contributed by atoms with Crippen LogP contribution in [0.15, 0.2) is 30.3 Å². The van der Waals surface area contributed by atoms with Gasteiger partial charge in [-0.3, -0.25) is 0 Å². The van der Waals surface area contributed by atoms with E-state index in [-0.39, 0.29) is 16.8 Å². The van der Waals surface area contributed by atoms with Gasteiger partial charge in [-0.15, -0.1) is 0 Å². The number of aliphatic hydroxyl groups excluding tert-OH is 4. The number of hydrogen-bond acceptors (Lipinski definition) is 4. The summed E-state index contributed by atoms with van der Waals surface area (Å²) in [6.45, 7) is 0. The molecule has 0 bridgehead atoms. The van der Waals surface area contributed by atoms with E-state index in [9.17, 15) is 0 Å². The second-order valence-electron chi connectivity index (χ2n) is 1.08. The summed E-state index contributed by atoms with van der Waals surface area (Å²) < 4.78 is 0. The third-order valence-corrected chi connectivity index (χ3v) is 0.607. The SMILES string of the molecule is CO.CO.CO.CO.[Co].[c-]1ccccc1. The average Bonchev–Trinajstić information content (AvgIpc) is 2.41. The Balaban J connectivity index is -0.0000000325. The minimum Gasteiger partial charge on any atom is -0.400 e. The van der Waals surface area contributed by atoms with Crippen molar-refractivity contribution in [3.05, 3.63) is 36.4 Å². The number of rotatable bonds is 0. The summed E-state index contributed by atoms with van der Waals surface area (Å²) in [5, 5.41) is 28.0. The summed E-state index contributed by atoms with van der Waals surface area (Å²) in [5.74, 6) is 0. The maximum Gasteiger partial charge on any atom is 0.0319 e. The van der Waals surface area contributed by atoms with Gasteiger partial charge in [-0.1, -0.05) is 0 Å². The van der Waals surface area contributed by atoms with E-state index in [0.717, 1.165) is 28.4 Å². The van der Waals surface area contributed by atoms with Crippen molar-refractivity contribution in [2.24, 2.45) is 0 Å². The van der Waals surface area contributed by atoms with E-state index in [2.05, 4.69) is 6.07 Å². The molecule has 1 radical (unpaired) electrons. The first kappa shape index (κ1) is 29.3. The molecule has 0 spiro atoms. The molecule has 0 aliphatic rings. The minimum atomic E-state index is 0. The zero-order chi connectivity index (χ0) is 12.2. The van der Waals surface area contributed by atoms with Gasteiger partial charge in [-0.2, -0.15) is 36.4 Å². The molecule has 0 aromatic heterocycles. The van der Waals surface area contributed by atoms with E-state index in [4.69, 9.17) is 20.4 Å². The van der Waals surface area contributed by atoms with Crippen molar-refractivity contribution < 1.29 is 37.2 Å². The predicted molar refractivity (Wildman–Crippen MR) is 57.8 cm³/mol. The summed E-state index contributed by atoms with van der Waals surface area (Å²) in [5.41, 5.74) is 0. The fourth-order valence-corrected chi connectivity index (χ4v) is 0.342. The van der Waals surface area contributed by atoms with Gasteiger partial charge in [-0.25, -0.2) is 0 Å². The Bertz CT molecular complexity index is 89.3. The molecule has 0 atom stereocenters. The smallest absolute Gasteiger partial charge is 0.0319 e.